The summed E-state index contributed by atoms with van der Waals surface area (Å²) in [6, 6.07) is -0.742. The monoisotopic (exact) mass is 916 g/mol. The molecule has 0 saturated carbocycles. The van der Waals surface area contributed by atoms with Crippen LogP contribution in [-0.2, 0) is 4.79 Å². The van der Waals surface area contributed by atoms with E-state index >= 15 is 0 Å². The number of carbonyl (C=O) groups is 1. The zero-order chi connectivity index (χ0) is 47.2. The van der Waals surface area contributed by atoms with Crippen molar-refractivity contribution < 1.29 is 20.1 Å². The van der Waals surface area contributed by atoms with Crippen LogP contribution in [0.5, 0.6) is 0 Å². The summed E-state index contributed by atoms with van der Waals surface area (Å²) in [6.07, 6.45) is 71.1. The summed E-state index contributed by atoms with van der Waals surface area (Å²) in [5, 5.41) is 33.4. The van der Waals surface area contributed by atoms with Crippen LogP contribution in [0.4, 0.5) is 0 Å². The molecule has 0 aromatic heterocycles. The van der Waals surface area contributed by atoms with Gasteiger partial charge in [0.25, 0.3) is 0 Å². The summed E-state index contributed by atoms with van der Waals surface area (Å²) in [6.45, 7) is 4.24. The Labute approximate surface area is 407 Å². The SMILES string of the molecule is CCCCCCCCCCCCCCC/C=C/C(O)C(CO)NC(=O)CC(O)CCCCCCCCCCCCCCCCC/C=C\CCCCCCCCCCCCCCCCCC. The van der Waals surface area contributed by atoms with Crippen molar-refractivity contribution in [1.82, 2.24) is 5.32 Å². The Morgan fingerprint density at radius 1 is 0.385 bits per heavy atom. The van der Waals surface area contributed by atoms with Crippen molar-refractivity contribution in [1.29, 1.82) is 0 Å². The molecule has 5 heteroatoms. The van der Waals surface area contributed by atoms with Crippen LogP contribution in [0.3, 0.4) is 0 Å². The first-order valence-electron chi connectivity index (χ1n) is 29.6. The molecule has 4 N–H and O–H groups in total. The van der Waals surface area contributed by atoms with Gasteiger partial charge in [0.05, 0.1) is 31.3 Å². The third-order valence-electron chi connectivity index (χ3n) is 14.0. The van der Waals surface area contributed by atoms with Crippen molar-refractivity contribution in [2.45, 2.75) is 347 Å². The zero-order valence-electron chi connectivity index (χ0n) is 44.1. The molecule has 0 aromatic carbocycles. The van der Waals surface area contributed by atoms with Crippen LogP contribution in [0.15, 0.2) is 24.3 Å². The van der Waals surface area contributed by atoms with Crippen molar-refractivity contribution >= 4 is 5.91 Å². The topological polar surface area (TPSA) is 89.8 Å². The fourth-order valence-electron chi connectivity index (χ4n) is 9.46. The van der Waals surface area contributed by atoms with E-state index in [0.29, 0.717) is 6.42 Å². The number of hydrogen-bond donors (Lipinski definition) is 4. The number of aliphatic hydroxyl groups excluding tert-OH is 3. The summed E-state index contributed by atoms with van der Waals surface area (Å²) in [4.78, 5) is 12.5. The fourth-order valence-corrected chi connectivity index (χ4v) is 9.46. The summed E-state index contributed by atoms with van der Waals surface area (Å²) in [5.74, 6) is -0.311. The summed E-state index contributed by atoms with van der Waals surface area (Å²) < 4.78 is 0. The number of carbonyl (C=O) groups excluding carboxylic acids is 1. The minimum Gasteiger partial charge on any atom is -0.394 e. The van der Waals surface area contributed by atoms with E-state index in [1.165, 1.54) is 276 Å². The lowest BCUT2D eigenvalue weighted by molar-refractivity contribution is -0.124. The second-order valence-corrected chi connectivity index (χ2v) is 20.6. The Morgan fingerprint density at radius 3 is 0.938 bits per heavy atom. The molecule has 0 heterocycles. The number of allylic oxidation sites excluding steroid dienone is 3. The van der Waals surface area contributed by atoms with Crippen molar-refractivity contribution in [3.63, 3.8) is 0 Å². The normalized spacial score (nSPS) is 13.4. The third-order valence-corrected chi connectivity index (χ3v) is 14.0. The third kappa shape index (κ3) is 52.1. The first kappa shape index (κ1) is 63.8. The first-order chi connectivity index (χ1) is 32.0. The standard InChI is InChI=1S/C60H117NO4/c1-3-5-7-9-11-13-15-17-19-20-21-22-23-24-25-26-27-28-29-30-31-32-33-34-35-36-37-38-40-41-43-45-47-49-51-53-57(63)55-60(65)61-58(56-62)59(64)54-52-50-48-46-44-42-39-18-16-14-12-10-8-6-4-2/h28-29,52,54,57-59,62-64H,3-27,30-51,53,55-56H2,1-2H3,(H,61,65)/b29-28-,54-52+. The molecule has 3 unspecified atom stereocenters. The Bertz CT molecular complexity index is 967. The largest absolute Gasteiger partial charge is 0.394 e. The van der Waals surface area contributed by atoms with Gasteiger partial charge in [0.1, 0.15) is 0 Å². The van der Waals surface area contributed by atoms with E-state index in [4.69, 9.17) is 0 Å². The van der Waals surface area contributed by atoms with Crippen LogP contribution in [-0.4, -0.2) is 46.1 Å². The predicted octanol–water partition coefficient (Wildman–Crippen LogP) is 18.5. The van der Waals surface area contributed by atoms with Crippen LogP contribution in [0.1, 0.15) is 328 Å². The van der Waals surface area contributed by atoms with Gasteiger partial charge < -0.3 is 20.6 Å². The maximum absolute atomic E-state index is 12.5. The molecule has 0 aliphatic rings. The second-order valence-electron chi connectivity index (χ2n) is 20.6. The Hall–Kier alpha value is -1.17. The molecule has 65 heavy (non-hydrogen) atoms. The molecule has 386 valence electrons. The molecule has 1 amide bonds. The molecule has 5 nitrogen and oxygen atoms in total. The average molecular weight is 917 g/mol. The van der Waals surface area contributed by atoms with Gasteiger partial charge in [-0.15, -0.1) is 0 Å². The van der Waals surface area contributed by atoms with E-state index in [2.05, 4.69) is 31.3 Å². The Morgan fingerprint density at radius 2 is 0.646 bits per heavy atom. The molecule has 0 aromatic rings. The zero-order valence-corrected chi connectivity index (χ0v) is 44.1. The summed E-state index contributed by atoms with van der Waals surface area (Å²) >= 11 is 0. The lowest BCUT2D eigenvalue weighted by Crippen LogP contribution is -2.45. The van der Waals surface area contributed by atoms with Gasteiger partial charge in [-0.05, 0) is 44.9 Å². The van der Waals surface area contributed by atoms with Crippen LogP contribution in [0.25, 0.3) is 0 Å². The van der Waals surface area contributed by atoms with E-state index in [9.17, 15) is 20.1 Å². The number of rotatable bonds is 55. The number of amides is 1. The second kappa shape index (κ2) is 55.4. The molecular weight excluding hydrogens is 799 g/mol. The Kier molecular flexibility index (Phi) is 54.4. The molecule has 0 aliphatic carbocycles. The molecule has 0 spiro atoms. The van der Waals surface area contributed by atoms with E-state index < -0.39 is 18.2 Å². The molecule has 3 atom stereocenters. The van der Waals surface area contributed by atoms with Gasteiger partial charge in [-0.2, -0.15) is 0 Å². The smallest absolute Gasteiger partial charge is 0.222 e. The van der Waals surface area contributed by atoms with Gasteiger partial charge in [-0.3, -0.25) is 4.79 Å². The highest BCUT2D eigenvalue weighted by molar-refractivity contribution is 5.76. The summed E-state index contributed by atoms with van der Waals surface area (Å²) in [7, 11) is 0. The number of aliphatic hydroxyl groups is 3. The molecule has 0 saturated heterocycles. The lowest BCUT2D eigenvalue weighted by atomic mass is 10.0. The van der Waals surface area contributed by atoms with E-state index in [-0.39, 0.29) is 18.9 Å². The van der Waals surface area contributed by atoms with Crippen LogP contribution in [0.2, 0.25) is 0 Å². The molecular formula is C60H117NO4. The maximum Gasteiger partial charge on any atom is 0.222 e. The first-order valence-corrected chi connectivity index (χ1v) is 29.6. The predicted molar refractivity (Wildman–Crippen MR) is 287 cm³/mol. The summed E-state index contributed by atoms with van der Waals surface area (Å²) in [5.41, 5.74) is 0. The maximum atomic E-state index is 12.5. The highest BCUT2D eigenvalue weighted by atomic mass is 16.3. The van der Waals surface area contributed by atoms with E-state index in [0.717, 1.165) is 25.7 Å². The highest BCUT2D eigenvalue weighted by Gasteiger charge is 2.20. The van der Waals surface area contributed by atoms with Gasteiger partial charge in [0.15, 0.2) is 0 Å². The lowest BCUT2D eigenvalue weighted by Gasteiger charge is -2.21. The van der Waals surface area contributed by atoms with Gasteiger partial charge in [-0.1, -0.05) is 301 Å². The Balaban J connectivity index is 3.47. The fraction of sp³-hybridized carbons (Fsp3) is 0.917. The van der Waals surface area contributed by atoms with Gasteiger partial charge in [0.2, 0.25) is 5.91 Å². The molecule has 0 radical (unpaired) electrons. The molecule has 0 rings (SSSR count). The van der Waals surface area contributed by atoms with Crippen molar-refractivity contribution in [2.75, 3.05) is 6.61 Å². The van der Waals surface area contributed by atoms with Gasteiger partial charge in [0, 0.05) is 0 Å². The number of unbranched alkanes of at least 4 members (excludes halogenated alkanes) is 44. The number of hydrogen-bond acceptors (Lipinski definition) is 4. The van der Waals surface area contributed by atoms with Gasteiger partial charge >= 0.3 is 0 Å². The minimum atomic E-state index is -0.927. The highest BCUT2D eigenvalue weighted by Crippen LogP contribution is 2.18. The van der Waals surface area contributed by atoms with Crippen LogP contribution < -0.4 is 5.32 Å². The molecule has 0 aliphatic heterocycles. The molecule has 0 fully saturated rings. The van der Waals surface area contributed by atoms with E-state index in [1.807, 2.05) is 6.08 Å². The molecule has 0 bridgehead atoms. The van der Waals surface area contributed by atoms with Gasteiger partial charge in [-0.25, -0.2) is 0 Å². The quantitative estimate of drug-likeness (QED) is 0.0361. The van der Waals surface area contributed by atoms with Crippen LogP contribution in [0, 0.1) is 0 Å². The van der Waals surface area contributed by atoms with Crippen molar-refractivity contribution in [2.24, 2.45) is 0 Å². The van der Waals surface area contributed by atoms with Crippen molar-refractivity contribution in [3.05, 3.63) is 24.3 Å². The van der Waals surface area contributed by atoms with Crippen LogP contribution >= 0.6 is 0 Å². The minimum absolute atomic E-state index is 0.0170. The average Bonchev–Trinajstić information content (AvgIpc) is 3.30. The van der Waals surface area contributed by atoms with Crippen molar-refractivity contribution in [3.8, 4) is 0 Å². The number of nitrogens with one attached hydrogen (secondary N) is 1. The van der Waals surface area contributed by atoms with E-state index in [1.54, 1.807) is 6.08 Å².